The topological polar surface area (TPSA) is 54.0 Å². The Morgan fingerprint density at radius 1 is 1.29 bits per heavy atom. The van der Waals surface area contributed by atoms with Crippen molar-refractivity contribution in [2.24, 2.45) is 5.92 Å². The average molecular weight is 289 g/mol. The fourth-order valence-corrected chi connectivity index (χ4v) is 2.61. The van der Waals surface area contributed by atoms with Gasteiger partial charge in [0.25, 0.3) is 5.91 Å². The Morgan fingerprint density at radius 3 is 2.76 bits per heavy atom. The first-order valence-electron chi connectivity index (χ1n) is 8.23. The summed E-state index contributed by atoms with van der Waals surface area (Å²) in [5.41, 5.74) is 1.68. The molecule has 1 aliphatic carbocycles. The van der Waals surface area contributed by atoms with Gasteiger partial charge in [-0.1, -0.05) is 27.2 Å². The van der Waals surface area contributed by atoms with Crippen molar-refractivity contribution in [2.75, 3.05) is 11.9 Å². The molecular weight excluding hydrogens is 262 g/mol. The van der Waals surface area contributed by atoms with Crippen LogP contribution >= 0.6 is 0 Å². The number of nitrogens with zero attached hydrogens (tertiary/aromatic N) is 1. The van der Waals surface area contributed by atoms with Crippen molar-refractivity contribution in [1.29, 1.82) is 0 Å². The molecule has 2 rings (SSSR count). The van der Waals surface area contributed by atoms with Crippen LogP contribution in [-0.2, 0) is 6.42 Å². The predicted octanol–water partition coefficient (Wildman–Crippen LogP) is 3.38. The fourth-order valence-electron chi connectivity index (χ4n) is 2.61. The van der Waals surface area contributed by atoms with Crippen molar-refractivity contribution in [3.63, 3.8) is 0 Å². The molecule has 0 bridgehead atoms. The molecule has 1 aliphatic rings. The lowest BCUT2D eigenvalue weighted by molar-refractivity contribution is 0.0948. The van der Waals surface area contributed by atoms with Crippen LogP contribution in [0.2, 0.25) is 0 Å². The van der Waals surface area contributed by atoms with Gasteiger partial charge in [0.2, 0.25) is 0 Å². The van der Waals surface area contributed by atoms with E-state index >= 15 is 0 Å². The largest absolute Gasteiger partial charge is 0.370 e. The molecule has 21 heavy (non-hydrogen) atoms. The number of rotatable bonds is 8. The normalized spacial score (nSPS) is 20.1. The summed E-state index contributed by atoms with van der Waals surface area (Å²) < 4.78 is 0. The first kappa shape index (κ1) is 15.8. The van der Waals surface area contributed by atoms with E-state index in [-0.39, 0.29) is 5.91 Å². The number of pyridine rings is 1. The highest BCUT2D eigenvalue weighted by Gasteiger charge is 2.37. The summed E-state index contributed by atoms with van der Waals surface area (Å²) in [4.78, 5) is 16.9. The molecule has 2 atom stereocenters. The molecule has 2 unspecified atom stereocenters. The van der Waals surface area contributed by atoms with Crippen molar-refractivity contribution in [3.8, 4) is 0 Å². The molecule has 4 heteroatoms. The highest BCUT2D eigenvalue weighted by atomic mass is 16.1. The summed E-state index contributed by atoms with van der Waals surface area (Å²) in [7, 11) is 0. The van der Waals surface area contributed by atoms with E-state index < -0.39 is 0 Å². The Kier molecular flexibility index (Phi) is 5.59. The van der Waals surface area contributed by atoms with Gasteiger partial charge in [-0.2, -0.15) is 0 Å². The van der Waals surface area contributed by atoms with Crippen LogP contribution in [0.25, 0.3) is 0 Å². The molecule has 2 N–H and O–H groups in total. The molecule has 0 aliphatic heterocycles. The monoisotopic (exact) mass is 289 g/mol. The Morgan fingerprint density at radius 2 is 2.10 bits per heavy atom. The van der Waals surface area contributed by atoms with Gasteiger partial charge in [0.15, 0.2) is 0 Å². The zero-order valence-electron chi connectivity index (χ0n) is 13.4. The van der Waals surface area contributed by atoms with Gasteiger partial charge in [-0.05, 0) is 43.7 Å². The number of aryl methyl sites for hydroxylation is 1. The van der Waals surface area contributed by atoms with E-state index in [0.29, 0.717) is 12.0 Å². The lowest BCUT2D eigenvalue weighted by atomic mass is 10.1. The van der Waals surface area contributed by atoms with Crippen molar-refractivity contribution in [1.82, 2.24) is 10.3 Å². The van der Waals surface area contributed by atoms with Gasteiger partial charge < -0.3 is 10.6 Å². The molecule has 1 heterocycles. The number of nitrogens with one attached hydrogen (secondary N) is 2. The van der Waals surface area contributed by atoms with Crippen LogP contribution in [0.5, 0.6) is 0 Å². The minimum atomic E-state index is 0.0373. The van der Waals surface area contributed by atoms with E-state index in [0.717, 1.165) is 42.9 Å². The Balaban J connectivity index is 2.02. The number of hydrogen-bond donors (Lipinski definition) is 2. The molecule has 116 valence electrons. The summed E-state index contributed by atoms with van der Waals surface area (Å²) in [6, 6.07) is 4.15. The average Bonchev–Trinajstić information content (AvgIpc) is 3.22. The molecule has 1 aromatic rings. The summed E-state index contributed by atoms with van der Waals surface area (Å²) in [5, 5.41) is 6.42. The fraction of sp³-hybridized carbons (Fsp3) is 0.647. The minimum absolute atomic E-state index is 0.0373. The lowest BCUT2D eigenvalue weighted by Crippen LogP contribution is -2.27. The highest BCUT2D eigenvalue weighted by Crippen LogP contribution is 2.34. The smallest absolute Gasteiger partial charge is 0.251 e. The second-order valence-electron chi connectivity index (χ2n) is 5.88. The van der Waals surface area contributed by atoms with E-state index in [2.05, 4.69) is 36.4 Å². The van der Waals surface area contributed by atoms with Gasteiger partial charge in [-0.15, -0.1) is 0 Å². The molecule has 1 saturated carbocycles. The van der Waals surface area contributed by atoms with Gasteiger partial charge in [0, 0.05) is 23.8 Å². The predicted molar refractivity (Wildman–Crippen MR) is 86.7 cm³/mol. The maximum atomic E-state index is 12.4. The number of aromatic nitrogens is 1. The van der Waals surface area contributed by atoms with E-state index in [4.69, 9.17) is 0 Å². The van der Waals surface area contributed by atoms with Gasteiger partial charge in [-0.25, -0.2) is 4.98 Å². The lowest BCUT2D eigenvalue weighted by Gasteiger charge is -2.10. The zero-order valence-corrected chi connectivity index (χ0v) is 13.4. The summed E-state index contributed by atoms with van der Waals surface area (Å²) in [5.74, 6) is 1.53. The molecule has 1 fully saturated rings. The van der Waals surface area contributed by atoms with Crippen molar-refractivity contribution >= 4 is 11.7 Å². The van der Waals surface area contributed by atoms with E-state index in [9.17, 15) is 4.79 Å². The number of amides is 1. The standard InChI is InChI=1S/C17H27N3O/c1-4-7-12-10-15(12)20-17(21)13-9-14(6-3)19-16(11-13)18-8-5-2/h9,11-12,15H,4-8,10H2,1-3H3,(H,18,19)(H,20,21). The molecule has 1 aromatic heterocycles. The molecular formula is C17H27N3O. The quantitative estimate of drug-likeness (QED) is 0.771. The second-order valence-corrected chi connectivity index (χ2v) is 5.88. The van der Waals surface area contributed by atoms with Gasteiger partial charge in [0.05, 0.1) is 0 Å². The first-order valence-corrected chi connectivity index (χ1v) is 8.23. The van der Waals surface area contributed by atoms with Crippen LogP contribution in [0.4, 0.5) is 5.82 Å². The van der Waals surface area contributed by atoms with Crippen LogP contribution in [0, 0.1) is 5.92 Å². The SMILES string of the molecule is CCCNc1cc(C(=O)NC2CC2CCC)cc(CC)n1. The van der Waals surface area contributed by atoms with Crippen LogP contribution in [0.15, 0.2) is 12.1 Å². The number of anilines is 1. The zero-order chi connectivity index (χ0) is 15.2. The third kappa shape index (κ3) is 4.45. The molecule has 0 radical (unpaired) electrons. The molecule has 1 amide bonds. The minimum Gasteiger partial charge on any atom is -0.370 e. The Bertz CT molecular complexity index is 487. The van der Waals surface area contributed by atoms with Crippen LogP contribution in [0.3, 0.4) is 0 Å². The summed E-state index contributed by atoms with van der Waals surface area (Å²) in [6.07, 6.45) is 5.42. The van der Waals surface area contributed by atoms with E-state index in [1.165, 1.54) is 12.8 Å². The van der Waals surface area contributed by atoms with E-state index in [1.807, 2.05) is 12.1 Å². The Hall–Kier alpha value is -1.58. The highest BCUT2D eigenvalue weighted by molar-refractivity contribution is 5.95. The third-order valence-electron chi connectivity index (χ3n) is 3.96. The summed E-state index contributed by atoms with van der Waals surface area (Å²) in [6.45, 7) is 7.25. The van der Waals surface area contributed by atoms with Crippen LogP contribution < -0.4 is 10.6 Å². The van der Waals surface area contributed by atoms with Gasteiger partial charge >= 0.3 is 0 Å². The van der Waals surface area contributed by atoms with Crippen molar-refractivity contribution in [3.05, 3.63) is 23.4 Å². The van der Waals surface area contributed by atoms with Gasteiger partial charge in [-0.3, -0.25) is 4.79 Å². The van der Waals surface area contributed by atoms with Gasteiger partial charge in [0.1, 0.15) is 5.82 Å². The number of carbonyl (C=O) groups excluding carboxylic acids is 1. The second kappa shape index (κ2) is 7.43. The van der Waals surface area contributed by atoms with Crippen LogP contribution in [0.1, 0.15) is 62.5 Å². The van der Waals surface area contributed by atoms with Crippen molar-refractivity contribution in [2.45, 2.75) is 58.9 Å². The maximum absolute atomic E-state index is 12.4. The molecule has 0 saturated heterocycles. The Labute approximate surface area is 127 Å². The molecule has 0 spiro atoms. The summed E-state index contributed by atoms with van der Waals surface area (Å²) >= 11 is 0. The third-order valence-corrected chi connectivity index (χ3v) is 3.96. The van der Waals surface area contributed by atoms with Crippen LogP contribution in [-0.4, -0.2) is 23.5 Å². The maximum Gasteiger partial charge on any atom is 0.251 e. The number of hydrogen-bond acceptors (Lipinski definition) is 3. The van der Waals surface area contributed by atoms with E-state index in [1.54, 1.807) is 0 Å². The molecule has 0 aromatic carbocycles. The number of carbonyl (C=O) groups is 1. The van der Waals surface area contributed by atoms with Crippen molar-refractivity contribution < 1.29 is 4.79 Å². The molecule has 4 nitrogen and oxygen atoms in total. The first-order chi connectivity index (χ1) is 10.2.